The Morgan fingerprint density at radius 3 is 3.10 bits per heavy atom. The van der Waals surface area contributed by atoms with E-state index in [0.717, 1.165) is 29.8 Å². The summed E-state index contributed by atoms with van der Waals surface area (Å²) >= 11 is 0. The van der Waals surface area contributed by atoms with Crippen molar-refractivity contribution >= 4 is 11.6 Å². The number of hydrogen-bond acceptors (Lipinski definition) is 3. The molecule has 1 amide bonds. The van der Waals surface area contributed by atoms with Gasteiger partial charge in [-0.25, -0.2) is 0 Å². The topological polar surface area (TPSA) is 69.8 Å². The van der Waals surface area contributed by atoms with E-state index in [1.54, 1.807) is 12.4 Å². The lowest BCUT2D eigenvalue weighted by molar-refractivity contribution is -0.123. The molecule has 5 heteroatoms. The van der Waals surface area contributed by atoms with Crippen LogP contribution < -0.4 is 10.6 Å². The molecule has 1 aliphatic rings. The van der Waals surface area contributed by atoms with Crippen molar-refractivity contribution < 1.29 is 4.79 Å². The van der Waals surface area contributed by atoms with E-state index in [1.807, 2.05) is 31.2 Å². The van der Waals surface area contributed by atoms with Gasteiger partial charge in [-0.3, -0.25) is 9.89 Å². The summed E-state index contributed by atoms with van der Waals surface area (Å²) in [6.07, 6.45) is 4.36. The van der Waals surface area contributed by atoms with E-state index in [4.69, 9.17) is 0 Å². The van der Waals surface area contributed by atoms with Gasteiger partial charge in [-0.2, -0.15) is 5.10 Å². The van der Waals surface area contributed by atoms with Crippen molar-refractivity contribution in [1.82, 2.24) is 15.5 Å². The molecule has 1 aromatic carbocycles. The van der Waals surface area contributed by atoms with Crippen LogP contribution >= 0.6 is 0 Å². The summed E-state index contributed by atoms with van der Waals surface area (Å²) in [5, 5.41) is 13.1. The zero-order valence-electron chi connectivity index (χ0n) is 11.4. The first-order chi connectivity index (χ1) is 9.75. The number of hydrogen-bond donors (Lipinski definition) is 3. The lowest BCUT2D eigenvalue weighted by Gasteiger charge is -2.27. The fraction of sp³-hybridized carbons (Fsp3) is 0.333. The average Bonchev–Trinajstić information content (AvgIpc) is 3.01. The molecule has 20 heavy (non-hydrogen) atoms. The standard InChI is InChI=1S/C15H18N4O/c1-10(11-8-17-18-9-11)19-15(20)13-6-7-16-14-5-3-2-4-12(13)14/h2-5,8-10,13,16H,6-7H2,1H3,(H,17,18)(H,19,20). The zero-order valence-corrected chi connectivity index (χ0v) is 11.4. The molecule has 104 valence electrons. The number of benzene rings is 1. The van der Waals surface area contributed by atoms with Crippen LogP contribution in [-0.2, 0) is 4.79 Å². The van der Waals surface area contributed by atoms with E-state index in [1.165, 1.54) is 0 Å². The lowest BCUT2D eigenvalue weighted by atomic mass is 9.90. The maximum atomic E-state index is 12.5. The summed E-state index contributed by atoms with van der Waals surface area (Å²) < 4.78 is 0. The minimum absolute atomic E-state index is 0.0386. The second-order valence-electron chi connectivity index (χ2n) is 5.12. The van der Waals surface area contributed by atoms with E-state index >= 15 is 0 Å². The molecule has 0 radical (unpaired) electrons. The van der Waals surface area contributed by atoms with Gasteiger partial charge < -0.3 is 10.6 Å². The molecule has 0 saturated carbocycles. The van der Waals surface area contributed by atoms with Gasteiger partial charge in [0.25, 0.3) is 0 Å². The SMILES string of the molecule is CC(NC(=O)C1CCNc2ccccc21)c1cn[nH]c1. The number of nitrogens with one attached hydrogen (secondary N) is 3. The van der Waals surface area contributed by atoms with Crippen molar-refractivity contribution in [2.24, 2.45) is 0 Å². The largest absolute Gasteiger partial charge is 0.385 e. The average molecular weight is 270 g/mol. The number of amides is 1. The molecule has 1 aromatic heterocycles. The van der Waals surface area contributed by atoms with Crippen LogP contribution in [0.3, 0.4) is 0 Å². The fourth-order valence-corrected chi connectivity index (χ4v) is 2.64. The number of anilines is 1. The summed E-state index contributed by atoms with van der Waals surface area (Å²) in [6, 6.07) is 7.97. The number of carbonyl (C=O) groups is 1. The van der Waals surface area contributed by atoms with E-state index < -0.39 is 0 Å². The molecular weight excluding hydrogens is 252 g/mol. The number of nitrogens with zero attached hydrogens (tertiary/aromatic N) is 1. The summed E-state index contributed by atoms with van der Waals surface area (Å²) in [5.74, 6) is -0.00514. The van der Waals surface area contributed by atoms with Gasteiger partial charge >= 0.3 is 0 Å². The highest BCUT2D eigenvalue weighted by Crippen LogP contribution is 2.31. The summed E-state index contributed by atoms with van der Waals surface area (Å²) in [7, 11) is 0. The third kappa shape index (κ3) is 2.39. The van der Waals surface area contributed by atoms with Gasteiger partial charge in [0.05, 0.1) is 18.2 Å². The molecule has 0 saturated heterocycles. The molecule has 0 aliphatic carbocycles. The molecule has 1 aliphatic heterocycles. The van der Waals surface area contributed by atoms with Crippen LogP contribution in [0.15, 0.2) is 36.7 Å². The monoisotopic (exact) mass is 270 g/mol. The minimum atomic E-state index is -0.0817. The highest BCUT2D eigenvalue weighted by atomic mass is 16.1. The van der Waals surface area contributed by atoms with Gasteiger partial charge in [-0.15, -0.1) is 0 Å². The quantitative estimate of drug-likeness (QED) is 0.800. The van der Waals surface area contributed by atoms with Crippen molar-refractivity contribution in [3.05, 3.63) is 47.8 Å². The molecule has 0 bridgehead atoms. The predicted octanol–water partition coefficient (Wildman–Crippen LogP) is 2.19. The molecule has 3 rings (SSSR count). The van der Waals surface area contributed by atoms with Gasteiger partial charge in [0.15, 0.2) is 0 Å². The molecule has 2 atom stereocenters. The third-order valence-electron chi connectivity index (χ3n) is 3.78. The Morgan fingerprint density at radius 1 is 1.45 bits per heavy atom. The normalized spacial score (nSPS) is 18.8. The van der Waals surface area contributed by atoms with Crippen LogP contribution in [0.5, 0.6) is 0 Å². The fourth-order valence-electron chi connectivity index (χ4n) is 2.64. The Balaban J connectivity index is 1.75. The molecule has 2 unspecified atom stereocenters. The van der Waals surface area contributed by atoms with Crippen LogP contribution in [0.25, 0.3) is 0 Å². The number of rotatable bonds is 3. The number of carbonyl (C=O) groups excluding carboxylic acids is 1. The maximum absolute atomic E-state index is 12.5. The number of fused-ring (bicyclic) bond motifs is 1. The van der Waals surface area contributed by atoms with Crippen molar-refractivity contribution in [3.8, 4) is 0 Å². The Labute approximate surface area is 117 Å². The summed E-state index contributed by atoms with van der Waals surface area (Å²) in [4.78, 5) is 12.5. The first-order valence-corrected chi connectivity index (χ1v) is 6.87. The van der Waals surface area contributed by atoms with Crippen molar-refractivity contribution in [2.45, 2.75) is 25.3 Å². The van der Waals surface area contributed by atoms with Crippen LogP contribution in [0.2, 0.25) is 0 Å². The van der Waals surface area contributed by atoms with E-state index in [2.05, 4.69) is 20.8 Å². The van der Waals surface area contributed by atoms with Crippen molar-refractivity contribution in [1.29, 1.82) is 0 Å². The van der Waals surface area contributed by atoms with Crippen LogP contribution in [-0.4, -0.2) is 22.6 Å². The second kappa shape index (κ2) is 5.36. The van der Waals surface area contributed by atoms with Crippen molar-refractivity contribution in [2.75, 3.05) is 11.9 Å². The van der Waals surface area contributed by atoms with E-state index in [-0.39, 0.29) is 17.9 Å². The van der Waals surface area contributed by atoms with Crippen LogP contribution in [0.4, 0.5) is 5.69 Å². The molecule has 2 aromatic rings. The maximum Gasteiger partial charge on any atom is 0.228 e. The number of aromatic nitrogens is 2. The number of H-pyrrole nitrogens is 1. The third-order valence-corrected chi connectivity index (χ3v) is 3.78. The molecular formula is C15H18N4O. The number of para-hydroxylation sites is 1. The molecule has 2 heterocycles. The smallest absolute Gasteiger partial charge is 0.228 e. The Kier molecular flexibility index (Phi) is 3.41. The van der Waals surface area contributed by atoms with Gasteiger partial charge in [-0.1, -0.05) is 18.2 Å². The zero-order chi connectivity index (χ0) is 13.9. The Morgan fingerprint density at radius 2 is 2.30 bits per heavy atom. The van der Waals surface area contributed by atoms with Gasteiger partial charge in [-0.05, 0) is 25.0 Å². The second-order valence-corrected chi connectivity index (χ2v) is 5.12. The summed E-state index contributed by atoms with van der Waals surface area (Å²) in [5.41, 5.74) is 3.13. The Hall–Kier alpha value is -2.30. The van der Waals surface area contributed by atoms with E-state index in [9.17, 15) is 4.79 Å². The molecule has 5 nitrogen and oxygen atoms in total. The van der Waals surface area contributed by atoms with Crippen LogP contribution in [0, 0.1) is 0 Å². The first-order valence-electron chi connectivity index (χ1n) is 6.87. The number of aromatic amines is 1. The van der Waals surface area contributed by atoms with E-state index in [0.29, 0.717) is 0 Å². The highest BCUT2D eigenvalue weighted by molar-refractivity contribution is 5.86. The molecule has 3 N–H and O–H groups in total. The Bertz CT molecular complexity index is 594. The minimum Gasteiger partial charge on any atom is -0.385 e. The van der Waals surface area contributed by atoms with Crippen molar-refractivity contribution in [3.63, 3.8) is 0 Å². The first kappa shape index (κ1) is 12.7. The van der Waals surface area contributed by atoms with Gasteiger partial charge in [0.1, 0.15) is 0 Å². The highest BCUT2D eigenvalue weighted by Gasteiger charge is 2.27. The van der Waals surface area contributed by atoms with Crippen LogP contribution in [0.1, 0.15) is 36.4 Å². The lowest BCUT2D eigenvalue weighted by Crippen LogP contribution is -2.34. The molecule has 0 fully saturated rings. The molecule has 0 spiro atoms. The van der Waals surface area contributed by atoms with Gasteiger partial charge in [0.2, 0.25) is 5.91 Å². The van der Waals surface area contributed by atoms with Gasteiger partial charge in [0, 0.05) is 24.0 Å². The predicted molar refractivity (Wildman–Crippen MR) is 77.4 cm³/mol. The summed E-state index contributed by atoms with van der Waals surface area (Å²) in [6.45, 7) is 2.80.